The average Bonchev–Trinajstić information content (AvgIpc) is 2.38. The van der Waals surface area contributed by atoms with Crippen molar-refractivity contribution in [2.24, 2.45) is 0 Å². The molecule has 0 bridgehead atoms. The molecule has 0 saturated heterocycles. The fourth-order valence-corrected chi connectivity index (χ4v) is 2.73. The molecular formula is C13H17BrN2O. The molecule has 0 spiro atoms. The van der Waals surface area contributed by atoms with Gasteiger partial charge in [0.25, 0.3) is 5.91 Å². The van der Waals surface area contributed by atoms with Crippen molar-refractivity contribution in [1.29, 1.82) is 0 Å². The summed E-state index contributed by atoms with van der Waals surface area (Å²) < 4.78 is 0.848. The molecule has 1 heterocycles. The van der Waals surface area contributed by atoms with E-state index < -0.39 is 0 Å². The van der Waals surface area contributed by atoms with Gasteiger partial charge in [-0.05, 0) is 34.8 Å². The highest BCUT2D eigenvalue weighted by atomic mass is 79.9. The van der Waals surface area contributed by atoms with Crippen molar-refractivity contribution in [2.45, 2.75) is 38.1 Å². The topological polar surface area (TPSA) is 33.2 Å². The minimum absolute atomic E-state index is 0.0747. The first-order valence-corrected chi connectivity index (χ1v) is 6.85. The molecule has 0 radical (unpaired) electrons. The van der Waals surface area contributed by atoms with Crippen LogP contribution in [0.2, 0.25) is 0 Å². The Bertz CT molecular complexity index is 402. The number of halogens is 1. The summed E-state index contributed by atoms with van der Waals surface area (Å²) >= 11 is 3.34. The molecule has 1 aromatic rings. The molecule has 17 heavy (non-hydrogen) atoms. The zero-order valence-corrected chi connectivity index (χ0v) is 11.6. The quantitative estimate of drug-likeness (QED) is 0.839. The van der Waals surface area contributed by atoms with Crippen molar-refractivity contribution in [2.75, 3.05) is 7.05 Å². The molecule has 0 aromatic carbocycles. The highest BCUT2D eigenvalue weighted by molar-refractivity contribution is 9.10. The summed E-state index contributed by atoms with van der Waals surface area (Å²) in [7, 11) is 1.90. The van der Waals surface area contributed by atoms with Gasteiger partial charge in [-0.2, -0.15) is 0 Å². The number of aromatic nitrogens is 1. The molecule has 1 aromatic heterocycles. The number of pyridine rings is 1. The number of carbonyl (C=O) groups excluding carboxylic acids is 1. The summed E-state index contributed by atoms with van der Waals surface area (Å²) in [6.07, 6.45) is 9.35. The predicted octanol–water partition coefficient (Wildman–Crippen LogP) is 3.25. The van der Waals surface area contributed by atoms with E-state index in [0.717, 1.165) is 17.3 Å². The highest BCUT2D eigenvalue weighted by Gasteiger charge is 2.23. The van der Waals surface area contributed by atoms with Crippen molar-refractivity contribution in [3.63, 3.8) is 0 Å². The van der Waals surface area contributed by atoms with E-state index in [1.54, 1.807) is 12.4 Å². The lowest BCUT2D eigenvalue weighted by Crippen LogP contribution is -2.38. The Morgan fingerprint density at radius 2 is 2.06 bits per heavy atom. The van der Waals surface area contributed by atoms with Crippen LogP contribution in [-0.4, -0.2) is 28.9 Å². The molecule has 1 aliphatic carbocycles. The third-order valence-corrected chi connectivity index (χ3v) is 3.83. The predicted molar refractivity (Wildman–Crippen MR) is 70.9 cm³/mol. The van der Waals surface area contributed by atoms with Crippen LogP contribution in [0.3, 0.4) is 0 Å². The average molecular weight is 297 g/mol. The molecule has 0 N–H and O–H groups in total. The minimum atomic E-state index is 0.0747. The van der Waals surface area contributed by atoms with Crippen molar-refractivity contribution in [3.05, 3.63) is 28.5 Å². The highest BCUT2D eigenvalue weighted by Crippen LogP contribution is 2.23. The molecule has 92 valence electrons. The van der Waals surface area contributed by atoms with Gasteiger partial charge in [0.2, 0.25) is 0 Å². The van der Waals surface area contributed by atoms with E-state index in [4.69, 9.17) is 0 Å². The van der Waals surface area contributed by atoms with E-state index in [-0.39, 0.29) is 5.91 Å². The fourth-order valence-electron chi connectivity index (χ4n) is 2.37. The summed E-state index contributed by atoms with van der Waals surface area (Å²) in [4.78, 5) is 18.2. The van der Waals surface area contributed by atoms with Crippen LogP contribution in [0, 0.1) is 0 Å². The van der Waals surface area contributed by atoms with Crippen LogP contribution >= 0.6 is 15.9 Å². The molecule has 1 saturated carbocycles. The van der Waals surface area contributed by atoms with Crippen LogP contribution in [0.1, 0.15) is 42.5 Å². The van der Waals surface area contributed by atoms with Crippen LogP contribution in [0.15, 0.2) is 22.9 Å². The van der Waals surface area contributed by atoms with Crippen molar-refractivity contribution >= 4 is 21.8 Å². The number of nitrogens with zero attached hydrogens (tertiary/aromatic N) is 2. The third-order valence-electron chi connectivity index (χ3n) is 3.39. The lowest BCUT2D eigenvalue weighted by molar-refractivity contribution is 0.0696. The molecule has 0 aliphatic heterocycles. The maximum atomic E-state index is 12.3. The standard InChI is InChI=1S/C13H17BrN2O/c1-16(12-5-3-2-4-6-12)13(17)10-7-11(14)9-15-8-10/h7-9,12H,2-6H2,1H3. The summed E-state index contributed by atoms with van der Waals surface area (Å²) in [6, 6.07) is 2.23. The van der Waals surface area contributed by atoms with Crippen molar-refractivity contribution in [3.8, 4) is 0 Å². The molecule has 2 rings (SSSR count). The number of hydrogen-bond acceptors (Lipinski definition) is 2. The Hall–Kier alpha value is -0.900. The normalized spacial score (nSPS) is 16.8. The summed E-state index contributed by atoms with van der Waals surface area (Å²) in [5, 5.41) is 0. The second-order valence-corrected chi connectivity index (χ2v) is 5.52. The molecule has 0 unspecified atom stereocenters. The Kier molecular flexibility index (Phi) is 4.15. The number of rotatable bonds is 2. The van der Waals surface area contributed by atoms with Gasteiger partial charge in [0.1, 0.15) is 0 Å². The Morgan fingerprint density at radius 3 is 2.71 bits per heavy atom. The number of carbonyl (C=O) groups is 1. The molecule has 0 atom stereocenters. The van der Waals surface area contributed by atoms with E-state index >= 15 is 0 Å². The van der Waals surface area contributed by atoms with Gasteiger partial charge in [0, 0.05) is 30.0 Å². The summed E-state index contributed by atoms with van der Waals surface area (Å²) in [6.45, 7) is 0. The van der Waals surface area contributed by atoms with E-state index in [9.17, 15) is 4.79 Å². The van der Waals surface area contributed by atoms with Crippen molar-refractivity contribution in [1.82, 2.24) is 9.88 Å². The molecule has 1 amide bonds. The van der Waals surface area contributed by atoms with Gasteiger partial charge in [0.05, 0.1) is 5.56 Å². The minimum Gasteiger partial charge on any atom is -0.339 e. The largest absolute Gasteiger partial charge is 0.339 e. The lowest BCUT2D eigenvalue weighted by atomic mass is 9.94. The maximum absolute atomic E-state index is 12.3. The molecule has 4 heteroatoms. The van der Waals surface area contributed by atoms with Gasteiger partial charge in [-0.3, -0.25) is 9.78 Å². The fraction of sp³-hybridized carbons (Fsp3) is 0.538. The number of amides is 1. The zero-order valence-electron chi connectivity index (χ0n) is 10.0. The zero-order chi connectivity index (χ0) is 12.3. The van der Waals surface area contributed by atoms with Gasteiger partial charge < -0.3 is 4.90 Å². The van der Waals surface area contributed by atoms with Crippen LogP contribution in [-0.2, 0) is 0 Å². The van der Waals surface area contributed by atoms with Gasteiger partial charge in [-0.15, -0.1) is 0 Å². The van der Waals surface area contributed by atoms with Crippen LogP contribution < -0.4 is 0 Å². The lowest BCUT2D eigenvalue weighted by Gasteiger charge is -2.31. The van der Waals surface area contributed by atoms with Crippen LogP contribution in [0.5, 0.6) is 0 Å². The Labute approximate surface area is 110 Å². The van der Waals surface area contributed by atoms with Gasteiger partial charge in [0.15, 0.2) is 0 Å². The first kappa shape index (κ1) is 12.6. The van der Waals surface area contributed by atoms with Gasteiger partial charge in [-0.1, -0.05) is 19.3 Å². The molecule has 3 nitrogen and oxygen atoms in total. The smallest absolute Gasteiger partial charge is 0.255 e. The second kappa shape index (κ2) is 5.63. The molecule has 1 aliphatic rings. The second-order valence-electron chi connectivity index (χ2n) is 4.60. The first-order valence-electron chi connectivity index (χ1n) is 6.06. The van der Waals surface area contributed by atoms with Gasteiger partial charge in [-0.25, -0.2) is 0 Å². The monoisotopic (exact) mass is 296 g/mol. The maximum Gasteiger partial charge on any atom is 0.255 e. The van der Waals surface area contributed by atoms with Crippen LogP contribution in [0.4, 0.5) is 0 Å². The van der Waals surface area contributed by atoms with Crippen LogP contribution in [0.25, 0.3) is 0 Å². The van der Waals surface area contributed by atoms with E-state index in [1.807, 2.05) is 18.0 Å². The first-order chi connectivity index (χ1) is 8.18. The number of hydrogen-bond donors (Lipinski definition) is 0. The Balaban J connectivity index is 2.08. The molecular weight excluding hydrogens is 280 g/mol. The SMILES string of the molecule is CN(C(=O)c1cncc(Br)c1)C1CCCCC1. The van der Waals surface area contributed by atoms with Gasteiger partial charge >= 0.3 is 0 Å². The van der Waals surface area contributed by atoms with E-state index in [0.29, 0.717) is 11.6 Å². The molecule has 1 fully saturated rings. The van der Waals surface area contributed by atoms with E-state index in [1.165, 1.54) is 19.3 Å². The summed E-state index contributed by atoms with van der Waals surface area (Å²) in [5.41, 5.74) is 0.660. The Morgan fingerprint density at radius 1 is 1.35 bits per heavy atom. The third kappa shape index (κ3) is 3.06. The summed E-state index contributed by atoms with van der Waals surface area (Å²) in [5.74, 6) is 0.0747. The van der Waals surface area contributed by atoms with E-state index in [2.05, 4.69) is 20.9 Å². The van der Waals surface area contributed by atoms with Crippen molar-refractivity contribution < 1.29 is 4.79 Å².